The van der Waals surface area contributed by atoms with E-state index in [9.17, 15) is 13.2 Å². The molecule has 0 aromatic heterocycles. The molecule has 1 heterocycles. The summed E-state index contributed by atoms with van der Waals surface area (Å²) in [6.07, 6.45) is -4.30. The molecule has 0 aromatic rings. The molecule has 0 spiro atoms. The molecule has 0 N–H and O–H groups in total. The van der Waals surface area contributed by atoms with E-state index in [1.54, 1.807) is 0 Å². The van der Waals surface area contributed by atoms with Crippen LogP contribution in [0.25, 0.3) is 0 Å². The molecule has 0 aromatic carbocycles. The number of hydrogen-bond donors (Lipinski definition) is 0. The van der Waals surface area contributed by atoms with Crippen LogP contribution >= 0.6 is 0 Å². The highest BCUT2D eigenvalue weighted by Crippen LogP contribution is 2.22. The zero-order chi connectivity index (χ0) is 7.78. The van der Waals surface area contributed by atoms with Gasteiger partial charge in [-0.25, -0.2) is 0 Å². The van der Waals surface area contributed by atoms with Gasteiger partial charge in [-0.1, -0.05) is 0 Å². The fourth-order valence-electron chi connectivity index (χ4n) is 0.724. The molecule has 0 aliphatic carbocycles. The number of nitrogens with zero attached hydrogens (tertiary/aromatic N) is 2. The maximum Gasteiger partial charge on any atom is 0.449 e. The Hall–Kier alpha value is -0.740. The maximum atomic E-state index is 11.8. The van der Waals surface area contributed by atoms with Crippen LogP contribution in [-0.4, -0.2) is 30.5 Å². The van der Waals surface area contributed by atoms with Crippen molar-refractivity contribution in [1.29, 1.82) is 0 Å². The van der Waals surface area contributed by atoms with Crippen molar-refractivity contribution < 1.29 is 13.2 Å². The Morgan fingerprint density at radius 1 is 1.60 bits per heavy atom. The molecular formula is C5H6F3N2. The monoisotopic (exact) mass is 151 g/mol. The third-order valence-electron chi connectivity index (χ3n) is 1.18. The molecule has 5 heteroatoms. The van der Waals surface area contributed by atoms with Crippen molar-refractivity contribution in [3.63, 3.8) is 0 Å². The van der Waals surface area contributed by atoms with Crippen LogP contribution in [0.3, 0.4) is 0 Å². The van der Waals surface area contributed by atoms with Crippen molar-refractivity contribution in [2.75, 3.05) is 13.6 Å². The Kier molecular flexibility index (Phi) is 1.58. The Morgan fingerprint density at radius 3 is 2.40 bits per heavy atom. The molecular weight excluding hydrogens is 145 g/mol. The van der Waals surface area contributed by atoms with Crippen LogP contribution in [0.4, 0.5) is 13.2 Å². The summed E-state index contributed by atoms with van der Waals surface area (Å²) in [7, 11) is 1.36. The Labute approximate surface area is 56.3 Å². The summed E-state index contributed by atoms with van der Waals surface area (Å²) in [4.78, 5) is 4.24. The molecule has 1 aliphatic rings. The molecule has 0 saturated carbocycles. The average molecular weight is 151 g/mol. The van der Waals surface area contributed by atoms with Crippen molar-refractivity contribution in [2.45, 2.75) is 6.18 Å². The number of amidine groups is 1. The molecule has 0 bridgehead atoms. The minimum Gasteiger partial charge on any atom is -0.354 e. The second-order valence-corrected chi connectivity index (χ2v) is 2.01. The lowest BCUT2D eigenvalue weighted by Gasteiger charge is -2.15. The highest BCUT2D eigenvalue weighted by atomic mass is 19.4. The third kappa shape index (κ3) is 1.22. The van der Waals surface area contributed by atoms with Crippen LogP contribution in [0.5, 0.6) is 0 Å². The van der Waals surface area contributed by atoms with Gasteiger partial charge >= 0.3 is 6.18 Å². The second-order valence-electron chi connectivity index (χ2n) is 2.01. The summed E-state index contributed by atoms with van der Waals surface area (Å²) in [5.74, 6) is -0.812. The van der Waals surface area contributed by atoms with Crippen molar-refractivity contribution in [3.05, 3.63) is 6.54 Å². The smallest absolute Gasteiger partial charge is 0.354 e. The first-order valence-corrected chi connectivity index (χ1v) is 2.69. The normalized spacial score (nSPS) is 19.6. The van der Waals surface area contributed by atoms with Gasteiger partial charge in [-0.15, -0.1) is 0 Å². The van der Waals surface area contributed by atoms with E-state index in [0.717, 1.165) is 4.90 Å². The average Bonchev–Trinajstić information content (AvgIpc) is 2.11. The lowest BCUT2D eigenvalue weighted by molar-refractivity contribution is -0.0663. The molecule has 57 valence electrons. The van der Waals surface area contributed by atoms with E-state index in [4.69, 9.17) is 0 Å². The van der Waals surface area contributed by atoms with Gasteiger partial charge in [-0.3, -0.25) is 4.99 Å². The van der Waals surface area contributed by atoms with Gasteiger partial charge in [0, 0.05) is 13.6 Å². The second kappa shape index (κ2) is 2.14. The van der Waals surface area contributed by atoms with Crippen LogP contribution in [0, 0.1) is 6.54 Å². The molecule has 0 saturated heterocycles. The van der Waals surface area contributed by atoms with E-state index >= 15 is 0 Å². The number of likely N-dealkylation sites (N-methyl/N-ethyl adjacent to an activating group) is 1. The zero-order valence-electron chi connectivity index (χ0n) is 5.31. The van der Waals surface area contributed by atoms with Gasteiger partial charge in [0.05, 0.1) is 6.54 Å². The molecule has 2 nitrogen and oxygen atoms in total. The van der Waals surface area contributed by atoms with E-state index < -0.39 is 12.0 Å². The lowest BCUT2D eigenvalue weighted by Crippen LogP contribution is -2.35. The van der Waals surface area contributed by atoms with Gasteiger partial charge < -0.3 is 4.90 Å². The van der Waals surface area contributed by atoms with Gasteiger partial charge in [0.1, 0.15) is 0 Å². The quantitative estimate of drug-likeness (QED) is 0.505. The number of aliphatic imine (C=N–C) groups is 1. The third-order valence-corrected chi connectivity index (χ3v) is 1.18. The van der Waals surface area contributed by atoms with Crippen LogP contribution in [-0.2, 0) is 0 Å². The van der Waals surface area contributed by atoms with Gasteiger partial charge in [0.15, 0.2) is 0 Å². The highest BCUT2D eigenvalue weighted by Gasteiger charge is 2.40. The standard InChI is InChI=1S/C5H6F3N2/c1-10-3-2-9-4(10)5(6,7)8/h2H,3H2,1H3. The van der Waals surface area contributed by atoms with E-state index in [2.05, 4.69) is 4.99 Å². The first kappa shape index (κ1) is 7.37. The first-order valence-electron chi connectivity index (χ1n) is 2.69. The predicted octanol–water partition coefficient (Wildman–Crippen LogP) is 1.05. The molecule has 0 atom stereocenters. The van der Waals surface area contributed by atoms with Crippen LogP contribution in [0.2, 0.25) is 0 Å². The summed E-state index contributed by atoms with van der Waals surface area (Å²) >= 11 is 0. The summed E-state index contributed by atoms with van der Waals surface area (Å²) in [5, 5.41) is 0. The van der Waals surface area contributed by atoms with Gasteiger partial charge in [0.2, 0.25) is 5.84 Å². The van der Waals surface area contributed by atoms with Crippen LogP contribution in [0.1, 0.15) is 0 Å². The molecule has 1 aliphatic heterocycles. The van der Waals surface area contributed by atoms with Gasteiger partial charge in [-0.05, 0) is 0 Å². The number of hydrogen-bond acceptors (Lipinski definition) is 2. The molecule has 1 rings (SSSR count). The lowest BCUT2D eigenvalue weighted by atomic mass is 10.5. The number of rotatable bonds is 0. The van der Waals surface area contributed by atoms with Crippen molar-refractivity contribution in [1.82, 2.24) is 4.90 Å². The van der Waals surface area contributed by atoms with Gasteiger partial charge in [0.25, 0.3) is 0 Å². The largest absolute Gasteiger partial charge is 0.449 e. The molecule has 0 fully saturated rings. The van der Waals surface area contributed by atoms with E-state index in [1.165, 1.54) is 13.6 Å². The van der Waals surface area contributed by atoms with Gasteiger partial charge in [-0.2, -0.15) is 13.2 Å². The fraction of sp³-hybridized carbons (Fsp3) is 0.600. The van der Waals surface area contributed by atoms with Crippen LogP contribution < -0.4 is 0 Å². The number of halogens is 3. The fourth-order valence-corrected chi connectivity index (χ4v) is 0.724. The SMILES string of the molecule is CN1C[CH]N=C1C(F)(F)F. The number of alkyl halides is 3. The van der Waals surface area contributed by atoms with E-state index in [0.29, 0.717) is 0 Å². The summed E-state index contributed by atoms with van der Waals surface area (Å²) in [5.41, 5.74) is 0. The minimum atomic E-state index is -4.30. The van der Waals surface area contributed by atoms with E-state index in [-0.39, 0.29) is 6.54 Å². The van der Waals surface area contributed by atoms with Crippen molar-refractivity contribution >= 4 is 5.84 Å². The topological polar surface area (TPSA) is 15.6 Å². The Morgan fingerprint density at radius 2 is 2.20 bits per heavy atom. The van der Waals surface area contributed by atoms with E-state index in [1.807, 2.05) is 0 Å². The van der Waals surface area contributed by atoms with Crippen molar-refractivity contribution in [2.24, 2.45) is 4.99 Å². The summed E-state index contributed by atoms with van der Waals surface area (Å²) < 4.78 is 35.5. The minimum absolute atomic E-state index is 0.245. The molecule has 1 radical (unpaired) electrons. The summed E-state index contributed by atoms with van der Waals surface area (Å²) in [6.45, 7) is 1.48. The molecule has 0 amide bonds. The maximum absolute atomic E-state index is 11.8. The Bertz CT molecular complexity index is 161. The highest BCUT2D eigenvalue weighted by molar-refractivity contribution is 5.89. The predicted molar refractivity (Wildman–Crippen MR) is 30.4 cm³/mol. The molecule has 0 unspecified atom stereocenters. The van der Waals surface area contributed by atoms with Crippen molar-refractivity contribution in [3.8, 4) is 0 Å². The first-order chi connectivity index (χ1) is 4.52. The zero-order valence-corrected chi connectivity index (χ0v) is 5.31. The van der Waals surface area contributed by atoms with Crippen LogP contribution in [0.15, 0.2) is 4.99 Å². The summed E-state index contributed by atoms with van der Waals surface area (Å²) in [6, 6.07) is 0. The Balaban J connectivity index is 2.72. The molecule has 10 heavy (non-hydrogen) atoms.